The topological polar surface area (TPSA) is 116 Å². The van der Waals surface area contributed by atoms with E-state index in [1.54, 1.807) is 12.1 Å². The number of carbonyl (C=O) groups is 2. The highest BCUT2D eigenvalue weighted by Crippen LogP contribution is 2.27. The van der Waals surface area contributed by atoms with Gasteiger partial charge < -0.3 is 15.5 Å². The zero-order chi connectivity index (χ0) is 16.8. The summed E-state index contributed by atoms with van der Waals surface area (Å²) in [5.74, 6) is -1.97. The molecule has 0 atom stereocenters. The van der Waals surface area contributed by atoms with E-state index in [9.17, 15) is 19.6 Å². The normalized spacial score (nSPS) is 10.4. The Balaban J connectivity index is 2.12. The van der Waals surface area contributed by atoms with Crippen LogP contribution in [0.2, 0.25) is 0 Å². The van der Waals surface area contributed by atoms with Crippen LogP contribution in [0.25, 0.3) is 6.08 Å². The monoisotopic (exact) mass is 312 g/mol. The molecular weight excluding hydrogens is 300 g/mol. The third-order valence-electron chi connectivity index (χ3n) is 2.94. The molecular formula is C16H12N2O5. The zero-order valence-electron chi connectivity index (χ0n) is 11.8. The van der Waals surface area contributed by atoms with Crippen molar-refractivity contribution in [2.75, 3.05) is 5.32 Å². The molecule has 0 aromatic heterocycles. The number of carboxylic acid groups (broad SMARTS) is 1. The standard InChI is InChI=1S/C16H12N2O5/c19-14-9-10(5-7-13(14)18-23)6-8-15(20)17-12-4-2-1-3-11(12)16(21)22/h1-9,19H,(H,17,20)(H,21,22)/b8-6+. The minimum absolute atomic E-state index is 0.0201. The smallest absolute Gasteiger partial charge is 0.337 e. The van der Waals surface area contributed by atoms with Gasteiger partial charge in [0.25, 0.3) is 0 Å². The van der Waals surface area contributed by atoms with E-state index >= 15 is 0 Å². The molecule has 3 N–H and O–H groups in total. The number of rotatable bonds is 5. The Morgan fingerprint density at radius 1 is 1.13 bits per heavy atom. The van der Waals surface area contributed by atoms with E-state index < -0.39 is 11.9 Å². The molecule has 0 saturated heterocycles. The highest BCUT2D eigenvalue weighted by Gasteiger charge is 2.10. The van der Waals surface area contributed by atoms with Gasteiger partial charge in [-0.3, -0.25) is 4.79 Å². The van der Waals surface area contributed by atoms with Gasteiger partial charge in [0.2, 0.25) is 5.91 Å². The van der Waals surface area contributed by atoms with Crippen molar-refractivity contribution in [1.82, 2.24) is 0 Å². The second-order valence-corrected chi connectivity index (χ2v) is 4.51. The Hall–Kier alpha value is -3.48. The summed E-state index contributed by atoms with van der Waals surface area (Å²) in [5, 5.41) is 23.6. The second-order valence-electron chi connectivity index (χ2n) is 4.51. The number of carbonyl (C=O) groups excluding carboxylic acids is 1. The Kier molecular flexibility index (Phi) is 4.83. The third kappa shape index (κ3) is 4.01. The van der Waals surface area contributed by atoms with Crippen LogP contribution in [0, 0.1) is 4.91 Å². The Labute approximate surface area is 130 Å². The van der Waals surface area contributed by atoms with E-state index in [0.29, 0.717) is 5.56 Å². The van der Waals surface area contributed by atoms with E-state index in [0.717, 1.165) is 0 Å². The number of hydrogen-bond acceptors (Lipinski definition) is 5. The van der Waals surface area contributed by atoms with Gasteiger partial charge in [-0.2, -0.15) is 0 Å². The molecule has 7 nitrogen and oxygen atoms in total. The van der Waals surface area contributed by atoms with Crippen molar-refractivity contribution in [2.45, 2.75) is 0 Å². The summed E-state index contributed by atoms with van der Waals surface area (Å²) in [6.45, 7) is 0. The predicted molar refractivity (Wildman–Crippen MR) is 84.6 cm³/mol. The maximum Gasteiger partial charge on any atom is 0.337 e. The van der Waals surface area contributed by atoms with Gasteiger partial charge in [0.15, 0.2) is 0 Å². The first-order valence-corrected chi connectivity index (χ1v) is 6.49. The van der Waals surface area contributed by atoms with Crippen LogP contribution in [-0.2, 0) is 4.79 Å². The first-order valence-electron chi connectivity index (χ1n) is 6.49. The molecule has 0 saturated carbocycles. The highest BCUT2D eigenvalue weighted by molar-refractivity contribution is 6.06. The number of nitrogens with zero attached hydrogens (tertiary/aromatic N) is 1. The molecule has 7 heteroatoms. The molecule has 0 aliphatic heterocycles. The van der Waals surface area contributed by atoms with Crippen LogP contribution in [0.5, 0.6) is 5.75 Å². The number of phenolic OH excluding ortho intramolecular Hbond substituents is 1. The fourth-order valence-corrected chi connectivity index (χ4v) is 1.85. The summed E-state index contributed by atoms with van der Waals surface area (Å²) in [7, 11) is 0. The molecule has 0 heterocycles. The molecule has 2 rings (SSSR count). The lowest BCUT2D eigenvalue weighted by molar-refractivity contribution is -0.111. The van der Waals surface area contributed by atoms with E-state index in [-0.39, 0.29) is 22.7 Å². The molecule has 0 aliphatic rings. The largest absolute Gasteiger partial charge is 0.506 e. The Morgan fingerprint density at radius 2 is 1.87 bits per heavy atom. The van der Waals surface area contributed by atoms with Crippen LogP contribution < -0.4 is 5.32 Å². The lowest BCUT2D eigenvalue weighted by Crippen LogP contribution is -2.11. The molecule has 0 unspecified atom stereocenters. The highest BCUT2D eigenvalue weighted by atomic mass is 16.4. The van der Waals surface area contributed by atoms with Crippen LogP contribution in [0.1, 0.15) is 15.9 Å². The van der Waals surface area contributed by atoms with Crippen LogP contribution in [0.3, 0.4) is 0 Å². The lowest BCUT2D eigenvalue weighted by Gasteiger charge is -2.05. The number of anilines is 1. The van der Waals surface area contributed by atoms with Gasteiger partial charge in [0.05, 0.1) is 11.3 Å². The van der Waals surface area contributed by atoms with Gasteiger partial charge in [-0.05, 0) is 41.1 Å². The molecule has 0 spiro atoms. The number of para-hydroxylation sites is 1. The lowest BCUT2D eigenvalue weighted by atomic mass is 10.1. The van der Waals surface area contributed by atoms with E-state index in [1.165, 1.54) is 42.5 Å². The molecule has 2 aromatic rings. The van der Waals surface area contributed by atoms with Crippen LogP contribution in [-0.4, -0.2) is 22.1 Å². The van der Waals surface area contributed by atoms with Crippen LogP contribution in [0.15, 0.2) is 53.7 Å². The number of hydrogen-bond donors (Lipinski definition) is 3. The van der Waals surface area contributed by atoms with Gasteiger partial charge in [-0.1, -0.05) is 18.2 Å². The van der Waals surface area contributed by atoms with Crippen LogP contribution in [0.4, 0.5) is 11.4 Å². The maximum atomic E-state index is 11.8. The fourth-order valence-electron chi connectivity index (χ4n) is 1.85. The van der Waals surface area contributed by atoms with Gasteiger partial charge in [0.1, 0.15) is 11.4 Å². The number of phenols is 1. The van der Waals surface area contributed by atoms with Crippen LogP contribution >= 0.6 is 0 Å². The molecule has 0 aliphatic carbocycles. The minimum Gasteiger partial charge on any atom is -0.506 e. The van der Waals surface area contributed by atoms with Crippen molar-refractivity contribution >= 4 is 29.3 Å². The molecule has 1 amide bonds. The number of aromatic carboxylic acids is 1. The molecule has 23 heavy (non-hydrogen) atoms. The van der Waals surface area contributed by atoms with Crippen molar-refractivity contribution in [1.29, 1.82) is 0 Å². The first-order chi connectivity index (χ1) is 11.0. The average Bonchev–Trinajstić information content (AvgIpc) is 2.53. The maximum absolute atomic E-state index is 11.8. The molecule has 0 bridgehead atoms. The number of nitroso groups, excluding NO2 is 1. The van der Waals surface area contributed by atoms with Gasteiger partial charge >= 0.3 is 5.97 Å². The summed E-state index contributed by atoms with van der Waals surface area (Å²) in [6, 6.07) is 10.1. The van der Waals surface area contributed by atoms with Crippen molar-refractivity contribution in [3.63, 3.8) is 0 Å². The van der Waals surface area contributed by atoms with E-state index in [2.05, 4.69) is 10.5 Å². The molecule has 0 fully saturated rings. The van der Waals surface area contributed by atoms with Gasteiger partial charge in [-0.15, -0.1) is 4.91 Å². The summed E-state index contributed by atoms with van der Waals surface area (Å²) in [4.78, 5) is 33.3. The number of aromatic hydroxyl groups is 1. The van der Waals surface area contributed by atoms with E-state index in [4.69, 9.17) is 5.11 Å². The van der Waals surface area contributed by atoms with E-state index in [1.807, 2.05) is 0 Å². The molecule has 116 valence electrons. The minimum atomic E-state index is -1.15. The van der Waals surface area contributed by atoms with Gasteiger partial charge in [-0.25, -0.2) is 4.79 Å². The fraction of sp³-hybridized carbons (Fsp3) is 0. The third-order valence-corrected chi connectivity index (χ3v) is 2.94. The zero-order valence-corrected chi connectivity index (χ0v) is 11.8. The molecule has 2 aromatic carbocycles. The van der Waals surface area contributed by atoms with Crippen molar-refractivity contribution in [3.05, 3.63) is 64.6 Å². The van der Waals surface area contributed by atoms with Crippen molar-refractivity contribution < 1.29 is 19.8 Å². The average molecular weight is 312 g/mol. The SMILES string of the molecule is O=Nc1ccc(/C=C/C(=O)Nc2ccccc2C(=O)O)cc1O. The number of amides is 1. The quantitative estimate of drug-likeness (QED) is 0.579. The molecule has 0 radical (unpaired) electrons. The van der Waals surface area contributed by atoms with Crippen molar-refractivity contribution in [3.8, 4) is 5.75 Å². The summed E-state index contributed by atoms with van der Waals surface area (Å²) >= 11 is 0. The number of nitrogens with one attached hydrogen (secondary N) is 1. The summed E-state index contributed by atoms with van der Waals surface area (Å²) in [5.41, 5.74) is 0.546. The number of benzene rings is 2. The second kappa shape index (κ2) is 6.99. The summed E-state index contributed by atoms with van der Waals surface area (Å²) in [6.07, 6.45) is 2.59. The Morgan fingerprint density at radius 3 is 2.52 bits per heavy atom. The van der Waals surface area contributed by atoms with Gasteiger partial charge in [0, 0.05) is 6.08 Å². The first kappa shape index (κ1) is 15.9. The Bertz CT molecular complexity index is 799. The number of carboxylic acids is 1. The predicted octanol–water partition coefficient (Wildman–Crippen LogP) is 3.14. The van der Waals surface area contributed by atoms with Crippen molar-refractivity contribution in [2.24, 2.45) is 5.18 Å². The summed E-state index contributed by atoms with van der Waals surface area (Å²) < 4.78 is 0.